The number of aliphatic hydroxyl groups excluding tert-OH is 2. The first-order chi connectivity index (χ1) is 46.0. The van der Waals surface area contributed by atoms with Crippen LogP contribution < -0.4 is 69.1 Å². The van der Waals surface area contributed by atoms with Crippen LogP contribution in [0.15, 0.2) is 60.7 Å². The molecule has 11 atom stereocenters. The molecule has 1 aliphatic heterocycles. The van der Waals surface area contributed by atoms with Gasteiger partial charge < -0.3 is 93.5 Å². The second-order valence-corrected chi connectivity index (χ2v) is 27.0. The van der Waals surface area contributed by atoms with Crippen molar-refractivity contribution in [1.29, 1.82) is 0 Å². The van der Waals surface area contributed by atoms with E-state index in [2.05, 4.69) is 69.1 Å². The van der Waals surface area contributed by atoms with Gasteiger partial charge in [-0.3, -0.25) is 47.9 Å². The Hall–Kier alpha value is -9.13. The van der Waals surface area contributed by atoms with Gasteiger partial charge in [0.1, 0.15) is 77.7 Å². The molecule has 15 N–H and O–H groups in total. The molecule has 1 saturated carbocycles. The van der Waals surface area contributed by atoms with Crippen LogP contribution in [-0.2, 0) is 75.2 Å². The number of hydrogen-bond donors (Lipinski definition) is 15. The van der Waals surface area contributed by atoms with Gasteiger partial charge in [-0.15, -0.1) is 0 Å². The molecule has 0 radical (unpaired) electrons. The van der Waals surface area contributed by atoms with Crippen molar-refractivity contribution in [1.82, 2.24) is 69.1 Å². The molecule has 0 spiro atoms. The molecular formula is C67H103N13O18. The first-order valence-corrected chi connectivity index (χ1v) is 33.4. The molecule has 544 valence electrons. The zero-order chi connectivity index (χ0) is 73.1. The average molecular weight is 1380 g/mol. The normalized spacial score (nSPS) is 21.9. The van der Waals surface area contributed by atoms with E-state index >= 15 is 0 Å². The van der Waals surface area contributed by atoms with Crippen molar-refractivity contribution in [3.05, 3.63) is 71.8 Å². The number of alkyl carbamates (subject to hydrolysis) is 3. The Bertz CT molecular complexity index is 3050. The van der Waals surface area contributed by atoms with Crippen LogP contribution in [0.25, 0.3) is 0 Å². The Morgan fingerprint density at radius 2 is 1.05 bits per heavy atom. The van der Waals surface area contributed by atoms with Gasteiger partial charge in [0.05, 0.1) is 12.2 Å². The molecule has 4 rings (SSSR count). The summed E-state index contributed by atoms with van der Waals surface area (Å²) < 4.78 is 16.0. The van der Waals surface area contributed by atoms with E-state index in [0.29, 0.717) is 17.5 Å². The average Bonchev–Trinajstić information content (AvgIpc) is 1.62. The summed E-state index contributed by atoms with van der Waals surface area (Å²) in [5.41, 5.74) is -2.35. The Labute approximate surface area is 572 Å². The smallest absolute Gasteiger partial charge is 0.408 e. The molecule has 1 aliphatic carbocycles. The van der Waals surface area contributed by atoms with Crippen LogP contribution in [-0.4, -0.2) is 191 Å². The van der Waals surface area contributed by atoms with E-state index in [1.807, 2.05) is 0 Å². The van der Waals surface area contributed by atoms with Gasteiger partial charge in [0, 0.05) is 26.1 Å². The number of aliphatic hydroxyl groups is 2. The topological polar surface area (TPSA) is 446 Å². The lowest BCUT2D eigenvalue weighted by atomic mass is 10.00. The minimum absolute atomic E-state index is 0.0281. The van der Waals surface area contributed by atoms with Crippen molar-refractivity contribution >= 4 is 77.4 Å². The monoisotopic (exact) mass is 1380 g/mol. The molecule has 0 bridgehead atoms. The van der Waals surface area contributed by atoms with Gasteiger partial charge in [-0.1, -0.05) is 101 Å². The molecule has 1 saturated heterocycles. The fourth-order valence-corrected chi connectivity index (χ4v) is 10.1. The van der Waals surface area contributed by atoms with E-state index < -0.39 is 174 Å². The number of ether oxygens (including phenoxy) is 3. The van der Waals surface area contributed by atoms with Gasteiger partial charge in [-0.2, -0.15) is 0 Å². The Morgan fingerprint density at radius 3 is 1.56 bits per heavy atom. The Kier molecular flexibility index (Phi) is 32.1. The summed E-state index contributed by atoms with van der Waals surface area (Å²) in [5, 5.41) is 55.6. The molecule has 31 heteroatoms. The first-order valence-electron chi connectivity index (χ1n) is 33.4. The third-order valence-electron chi connectivity index (χ3n) is 15.4. The third-order valence-corrected chi connectivity index (χ3v) is 15.4. The van der Waals surface area contributed by atoms with Crippen LogP contribution >= 0.6 is 0 Å². The number of carbonyl (C=O) groups is 13. The predicted molar refractivity (Wildman–Crippen MR) is 357 cm³/mol. The first kappa shape index (κ1) is 81.3. The molecule has 2 aliphatic rings. The molecule has 1 heterocycles. The van der Waals surface area contributed by atoms with Crippen LogP contribution in [0.5, 0.6) is 0 Å². The van der Waals surface area contributed by atoms with Crippen LogP contribution in [0.2, 0.25) is 0 Å². The highest BCUT2D eigenvalue weighted by Gasteiger charge is 2.53. The highest BCUT2D eigenvalue weighted by atomic mass is 16.6. The summed E-state index contributed by atoms with van der Waals surface area (Å²) in [6.45, 7) is 18.1. The molecule has 31 nitrogen and oxygen atoms in total. The highest BCUT2D eigenvalue weighted by molar-refractivity contribution is 6.01. The van der Waals surface area contributed by atoms with E-state index in [1.165, 1.54) is 13.8 Å². The third kappa shape index (κ3) is 28.5. The van der Waals surface area contributed by atoms with Gasteiger partial charge in [-0.25, -0.2) is 14.4 Å². The minimum atomic E-state index is -1.79. The van der Waals surface area contributed by atoms with E-state index in [-0.39, 0.29) is 83.4 Å². The second kappa shape index (κ2) is 38.7. The van der Waals surface area contributed by atoms with Crippen molar-refractivity contribution in [3.63, 3.8) is 0 Å². The van der Waals surface area contributed by atoms with Crippen LogP contribution in [0.1, 0.15) is 158 Å². The lowest BCUT2D eigenvalue weighted by Gasteiger charge is -2.29. The van der Waals surface area contributed by atoms with Crippen molar-refractivity contribution in [3.8, 4) is 0 Å². The van der Waals surface area contributed by atoms with Crippen LogP contribution in [0.4, 0.5) is 14.4 Å². The summed E-state index contributed by atoms with van der Waals surface area (Å²) in [7, 11) is 0. The molecule has 2 fully saturated rings. The number of nitrogens with one attached hydrogen (secondary N) is 13. The van der Waals surface area contributed by atoms with Crippen LogP contribution in [0, 0.1) is 5.92 Å². The van der Waals surface area contributed by atoms with E-state index in [4.69, 9.17) is 14.2 Å². The van der Waals surface area contributed by atoms with Crippen molar-refractivity contribution in [2.75, 3.05) is 19.6 Å². The molecular weight excluding hydrogens is 1270 g/mol. The van der Waals surface area contributed by atoms with Crippen molar-refractivity contribution < 1.29 is 86.8 Å². The molecule has 0 aromatic heterocycles. The Balaban J connectivity index is 1.73. The molecule has 98 heavy (non-hydrogen) atoms. The largest absolute Gasteiger partial charge is 0.445 e. The van der Waals surface area contributed by atoms with Gasteiger partial charge in [0.15, 0.2) is 0 Å². The van der Waals surface area contributed by atoms with Gasteiger partial charge in [0.25, 0.3) is 0 Å². The molecule has 1 unspecified atom stereocenters. The summed E-state index contributed by atoms with van der Waals surface area (Å²) >= 11 is 0. The molecule has 2 aromatic rings. The highest BCUT2D eigenvalue weighted by Crippen LogP contribution is 2.36. The summed E-state index contributed by atoms with van der Waals surface area (Å²) in [6.07, 6.45) is -6.55. The molecule has 2 aromatic carbocycles. The van der Waals surface area contributed by atoms with E-state index in [9.17, 15) is 72.5 Å². The minimum Gasteiger partial charge on any atom is -0.445 e. The predicted octanol–water partition coefficient (Wildman–Crippen LogP) is 0.809. The fraction of sp³-hybridized carbons (Fsp3) is 0.627. The molecule has 13 amide bonds. The van der Waals surface area contributed by atoms with Crippen LogP contribution in [0.3, 0.4) is 0 Å². The lowest BCUT2D eigenvalue weighted by Crippen LogP contribution is -2.62. The van der Waals surface area contributed by atoms with E-state index in [1.54, 1.807) is 130 Å². The number of rotatable bonds is 25. The number of hydrogen-bond acceptors (Lipinski definition) is 18. The maximum atomic E-state index is 14.8. The Morgan fingerprint density at radius 1 is 0.571 bits per heavy atom. The maximum absolute atomic E-state index is 14.8. The van der Waals surface area contributed by atoms with Gasteiger partial charge in [-0.05, 0) is 124 Å². The van der Waals surface area contributed by atoms with Crippen molar-refractivity contribution in [2.45, 2.75) is 244 Å². The van der Waals surface area contributed by atoms with Crippen molar-refractivity contribution in [2.24, 2.45) is 5.92 Å². The van der Waals surface area contributed by atoms with E-state index in [0.717, 1.165) is 0 Å². The number of carbonyl (C=O) groups excluding carboxylic acids is 13. The fourth-order valence-electron chi connectivity index (χ4n) is 10.1. The standard InChI is InChI=1S/C67H103N13O18/c1-13-21-43-52(83)73-45(28-33-69-62(93)97-65(7,8)9)55(86)78-50(39(5)81)59(90)68-32-27-46(54(85)71-44(22-14-2)53(84)75-49(36-41-23-17-15-18-24-41)58(89)74-48(35-38(3)4)57(88)72-43)76-61(92)67(30-31-67)80-60(91)51(40(6)82)79-56(87)47(29-34-70-63(94)98-66(10,11)12)77-64(95)96-37-42-25-19-16-20-26-42/h15-20,23-26,38-40,43-51,81-82H,13-14,21-22,27-37H2,1-12H3,(H,68,90)(H,69,93)(H,70,94)(H,71,85)(H,72,88)(H,73,83)(H,74,89)(H,75,84)(H,76,92)(H,77,95)(H,78,86)(H,79,87)(H,80,91)/t39-,40-,43+,44+,45+,46+,47?,48+,49-,50+,51+/m1/s1. The summed E-state index contributed by atoms with van der Waals surface area (Å²) in [6, 6.07) is 3.58. The number of amides is 13. The lowest BCUT2D eigenvalue weighted by molar-refractivity contribution is -0.137. The summed E-state index contributed by atoms with van der Waals surface area (Å²) in [5.74, 6) is -9.57. The maximum Gasteiger partial charge on any atom is 0.408 e. The van der Waals surface area contributed by atoms with Gasteiger partial charge >= 0.3 is 18.3 Å². The second-order valence-electron chi connectivity index (χ2n) is 27.0. The SMILES string of the molecule is CCC[C@@H]1NC(=O)[C@H](CC(C)C)NC(=O)[C@@H](Cc2ccccc2)NC(=O)[C@H](CCC)NC(=O)[C@@H](NC(=O)C2(NC(=O)[C@@H](NC(=O)C(CCNC(=O)OC(C)(C)C)NC(=O)OCc3ccccc3)[C@@H](C)O)CC2)CCNC(=O)[C@H]([C@@H](C)O)NC(=O)[C@H](CCNC(=O)OC(C)(C)C)NC1=O. The quantitative estimate of drug-likeness (QED) is 0.0612. The zero-order valence-electron chi connectivity index (χ0n) is 58.2. The summed E-state index contributed by atoms with van der Waals surface area (Å²) in [4.78, 5) is 183. The van der Waals surface area contributed by atoms with Gasteiger partial charge in [0.2, 0.25) is 59.1 Å². The number of benzene rings is 2. The zero-order valence-corrected chi connectivity index (χ0v) is 58.2.